The number of benzene rings is 1. The number of rotatable bonds is 4. The molecular formula is C20H17ClF2N2O2. The Hall–Kier alpha value is -2.34. The Morgan fingerprint density at radius 1 is 1.15 bits per heavy atom. The van der Waals surface area contributed by atoms with Gasteiger partial charge in [-0.2, -0.15) is 0 Å². The Labute approximate surface area is 160 Å². The second kappa shape index (κ2) is 6.09. The van der Waals surface area contributed by atoms with Crippen LogP contribution in [-0.2, 0) is 0 Å². The SMILES string of the molecule is FC1(F)Oc2cc(Cl)c(-c3ccc(NC[C@@H]4C[C@H]5C=C[C@@H]4C5)nc3)cc2O1. The molecule has 1 saturated carbocycles. The standard InChI is InChI=1S/C20H17ClF2N2O2/c21-16-8-18-17(26-20(22,23)27-18)7-15(16)13-3-4-19(24-9-13)25-10-14-6-11-1-2-12(14)5-11/h1-4,7-9,11-12,14H,5-6,10H2,(H,24,25)/t11-,12+,14-/m0/s1. The summed E-state index contributed by atoms with van der Waals surface area (Å²) in [6.07, 6.45) is 5.20. The molecule has 5 rings (SSSR count). The number of aromatic nitrogens is 1. The normalized spacial score (nSPS) is 26.6. The second-order valence-corrected chi connectivity index (χ2v) is 7.71. The van der Waals surface area contributed by atoms with Gasteiger partial charge in [-0.15, -0.1) is 8.78 Å². The molecule has 0 radical (unpaired) electrons. The third-order valence-corrected chi connectivity index (χ3v) is 5.84. The van der Waals surface area contributed by atoms with Gasteiger partial charge < -0.3 is 14.8 Å². The molecule has 140 valence electrons. The van der Waals surface area contributed by atoms with Gasteiger partial charge in [0.25, 0.3) is 0 Å². The van der Waals surface area contributed by atoms with Crippen molar-refractivity contribution in [3.8, 4) is 22.6 Å². The zero-order valence-corrected chi connectivity index (χ0v) is 15.0. The second-order valence-electron chi connectivity index (χ2n) is 7.30. The fourth-order valence-electron chi connectivity index (χ4n) is 4.22. The lowest BCUT2D eigenvalue weighted by Gasteiger charge is -2.18. The minimum Gasteiger partial charge on any atom is -0.395 e. The number of anilines is 1. The molecule has 1 N–H and O–H groups in total. The first-order valence-corrected chi connectivity index (χ1v) is 9.33. The Bertz CT molecular complexity index is 917. The van der Waals surface area contributed by atoms with E-state index in [1.807, 2.05) is 12.1 Å². The highest BCUT2D eigenvalue weighted by Gasteiger charge is 2.43. The fourth-order valence-corrected chi connectivity index (χ4v) is 4.48. The fraction of sp³-hybridized carbons (Fsp3) is 0.350. The van der Waals surface area contributed by atoms with E-state index >= 15 is 0 Å². The number of nitrogens with one attached hydrogen (secondary N) is 1. The Morgan fingerprint density at radius 2 is 1.96 bits per heavy atom. The Kier molecular flexibility index (Phi) is 3.79. The van der Waals surface area contributed by atoms with Crippen molar-refractivity contribution in [3.63, 3.8) is 0 Å². The van der Waals surface area contributed by atoms with E-state index in [1.165, 1.54) is 25.0 Å². The van der Waals surface area contributed by atoms with Crippen LogP contribution in [0.15, 0.2) is 42.6 Å². The number of allylic oxidation sites excluding steroid dienone is 2. The van der Waals surface area contributed by atoms with E-state index in [1.54, 1.807) is 6.20 Å². The molecule has 1 aromatic carbocycles. The van der Waals surface area contributed by atoms with E-state index in [0.717, 1.165) is 23.8 Å². The summed E-state index contributed by atoms with van der Waals surface area (Å²) < 4.78 is 35.3. The van der Waals surface area contributed by atoms with Crippen LogP contribution < -0.4 is 14.8 Å². The van der Waals surface area contributed by atoms with Gasteiger partial charge in [0.05, 0.1) is 5.02 Å². The van der Waals surface area contributed by atoms with E-state index in [9.17, 15) is 8.78 Å². The number of hydrogen-bond acceptors (Lipinski definition) is 4. The van der Waals surface area contributed by atoms with Crippen molar-refractivity contribution in [2.24, 2.45) is 17.8 Å². The monoisotopic (exact) mass is 390 g/mol. The van der Waals surface area contributed by atoms with Crippen molar-refractivity contribution >= 4 is 17.4 Å². The van der Waals surface area contributed by atoms with Gasteiger partial charge in [0.1, 0.15) is 5.82 Å². The maximum Gasteiger partial charge on any atom is 0.586 e. The maximum absolute atomic E-state index is 13.2. The molecule has 1 fully saturated rings. The topological polar surface area (TPSA) is 43.4 Å². The van der Waals surface area contributed by atoms with Crippen LogP contribution >= 0.6 is 11.6 Å². The maximum atomic E-state index is 13.2. The largest absolute Gasteiger partial charge is 0.586 e. The summed E-state index contributed by atoms with van der Waals surface area (Å²) in [7, 11) is 0. The summed E-state index contributed by atoms with van der Waals surface area (Å²) in [4.78, 5) is 4.43. The van der Waals surface area contributed by atoms with Gasteiger partial charge in [0.2, 0.25) is 0 Å². The molecule has 2 bridgehead atoms. The minimum absolute atomic E-state index is 0.0362. The highest BCUT2D eigenvalue weighted by molar-refractivity contribution is 6.33. The molecule has 7 heteroatoms. The summed E-state index contributed by atoms with van der Waals surface area (Å²) in [6.45, 7) is 0.901. The molecule has 1 aliphatic heterocycles. The molecule has 27 heavy (non-hydrogen) atoms. The van der Waals surface area contributed by atoms with Crippen LogP contribution in [0, 0.1) is 17.8 Å². The number of halogens is 3. The molecular weight excluding hydrogens is 374 g/mol. The van der Waals surface area contributed by atoms with Crippen LogP contribution in [-0.4, -0.2) is 17.8 Å². The quantitative estimate of drug-likeness (QED) is 0.715. The van der Waals surface area contributed by atoms with Gasteiger partial charge in [0, 0.05) is 29.9 Å². The number of hydrogen-bond donors (Lipinski definition) is 1. The lowest BCUT2D eigenvalue weighted by Crippen LogP contribution is -2.25. The molecule has 0 amide bonds. The van der Waals surface area contributed by atoms with Gasteiger partial charge in [0.15, 0.2) is 11.5 Å². The predicted molar refractivity (Wildman–Crippen MR) is 98.2 cm³/mol. The first-order valence-electron chi connectivity index (χ1n) is 8.95. The van der Waals surface area contributed by atoms with Crippen molar-refractivity contribution < 1.29 is 18.3 Å². The Morgan fingerprint density at radius 3 is 2.63 bits per heavy atom. The zero-order valence-electron chi connectivity index (χ0n) is 14.3. The van der Waals surface area contributed by atoms with Crippen molar-refractivity contribution in [2.45, 2.75) is 19.1 Å². The zero-order chi connectivity index (χ0) is 18.6. The van der Waals surface area contributed by atoms with E-state index in [2.05, 4.69) is 31.9 Å². The minimum atomic E-state index is -3.66. The van der Waals surface area contributed by atoms with Crippen LogP contribution in [0.2, 0.25) is 5.02 Å². The number of pyridine rings is 1. The summed E-state index contributed by atoms with van der Waals surface area (Å²) in [5.41, 5.74) is 1.28. The van der Waals surface area contributed by atoms with Crippen LogP contribution in [0.1, 0.15) is 12.8 Å². The summed E-state index contributed by atoms with van der Waals surface area (Å²) in [5, 5.41) is 3.69. The molecule has 4 nitrogen and oxygen atoms in total. The third kappa shape index (κ3) is 3.12. The highest BCUT2D eigenvalue weighted by Crippen LogP contribution is 2.46. The third-order valence-electron chi connectivity index (χ3n) is 5.53. The van der Waals surface area contributed by atoms with Crippen molar-refractivity contribution in [3.05, 3.63) is 47.6 Å². The van der Waals surface area contributed by atoms with E-state index in [4.69, 9.17) is 11.6 Å². The average molecular weight is 391 g/mol. The lowest BCUT2D eigenvalue weighted by molar-refractivity contribution is -0.286. The Balaban J connectivity index is 1.30. The van der Waals surface area contributed by atoms with Crippen LogP contribution in [0.4, 0.5) is 14.6 Å². The molecule has 3 aliphatic rings. The van der Waals surface area contributed by atoms with Crippen LogP contribution in [0.5, 0.6) is 11.5 Å². The number of nitrogens with zero attached hydrogens (tertiary/aromatic N) is 1. The molecule has 0 spiro atoms. The summed E-state index contributed by atoms with van der Waals surface area (Å²) in [6, 6.07) is 6.51. The van der Waals surface area contributed by atoms with Gasteiger partial charge in [-0.25, -0.2) is 4.98 Å². The van der Waals surface area contributed by atoms with Crippen molar-refractivity contribution in [1.82, 2.24) is 4.98 Å². The molecule has 2 aliphatic carbocycles. The molecule has 2 aromatic rings. The van der Waals surface area contributed by atoms with Gasteiger partial charge in [-0.3, -0.25) is 0 Å². The number of ether oxygens (including phenoxy) is 2. The van der Waals surface area contributed by atoms with E-state index in [0.29, 0.717) is 22.4 Å². The summed E-state index contributed by atoms with van der Waals surface area (Å²) in [5.74, 6) is 2.77. The first kappa shape index (κ1) is 16.8. The number of fused-ring (bicyclic) bond motifs is 3. The highest BCUT2D eigenvalue weighted by atomic mass is 35.5. The van der Waals surface area contributed by atoms with E-state index in [-0.39, 0.29) is 11.5 Å². The van der Waals surface area contributed by atoms with Crippen LogP contribution in [0.3, 0.4) is 0 Å². The smallest absolute Gasteiger partial charge is 0.395 e. The van der Waals surface area contributed by atoms with Crippen molar-refractivity contribution in [2.75, 3.05) is 11.9 Å². The molecule has 1 aromatic heterocycles. The molecule has 2 heterocycles. The molecule has 0 unspecified atom stereocenters. The van der Waals surface area contributed by atoms with Crippen molar-refractivity contribution in [1.29, 1.82) is 0 Å². The predicted octanol–water partition coefficient (Wildman–Crippen LogP) is 5.35. The lowest BCUT2D eigenvalue weighted by atomic mass is 9.94. The van der Waals surface area contributed by atoms with Gasteiger partial charge in [-0.1, -0.05) is 23.8 Å². The first-order chi connectivity index (χ1) is 13.0. The van der Waals surface area contributed by atoms with Gasteiger partial charge >= 0.3 is 6.29 Å². The molecule has 3 atom stereocenters. The van der Waals surface area contributed by atoms with E-state index < -0.39 is 6.29 Å². The number of alkyl halides is 2. The molecule has 0 saturated heterocycles. The average Bonchev–Trinajstić information content (AvgIpc) is 3.32. The summed E-state index contributed by atoms with van der Waals surface area (Å²) >= 11 is 6.23. The van der Waals surface area contributed by atoms with Crippen LogP contribution in [0.25, 0.3) is 11.1 Å². The van der Waals surface area contributed by atoms with Gasteiger partial charge in [-0.05, 0) is 48.8 Å².